The Hall–Kier alpha value is -0.0505. The van der Waals surface area contributed by atoms with Gasteiger partial charge in [0.25, 0.3) is 0 Å². The first-order valence-corrected chi connectivity index (χ1v) is 10.1. The van der Waals surface area contributed by atoms with Crippen LogP contribution in [0, 0.1) is 69.6 Å². The molecular weight excluding hydrogens is 376 g/mol. The van der Waals surface area contributed by atoms with Crippen LogP contribution in [0.25, 0.3) is 0 Å². The maximum Gasteiger partial charge on any atom is 2.00 e. The smallest absolute Gasteiger partial charge is 0.382 e. The first-order valence-electron chi connectivity index (χ1n) is 10.1. The van der Waals surface area contributed by atoms with E-state index in [1.807, 2.05) is 32.1 Å². The second-order valence-electron chi connectivity index (χ2n) is 7.37. The normalized spacial score (nSPS) is 27.4. The second kappa shape index (κ2) is 13.2. The van der Waals surface area contributed by atoms with Gasteiger partial charge < -0.3 is 4.74 Å². The fourth-order valence-electron chi connectivity index (χ4n) is 4.07. The van der Waals surface area contributed by atoms with E-state index in [1.165, 1.54) is 56.6 Å². The summed E-state index contributed by atoms with van der Waals surface area (Å²) in [6.45, 7) is 1.87. The Morgan fingerprint density at radius 1 is 0.926 bits per heavy atom. The minimum Gasteiger partial charge on any atom is -0.382 e. The zero-order valence-electron chi connectivity index (χ0n) is 16.4. The molecule has 0 unspecified atom stereocenters. The van der Waals surface area contributed by atoms with Crippen LogP contribution in [-0.4, -0.2) is 37.0 Å². The average Bonchev–Trinajstić information content (AvgIpc) is 3.44. The van der Waals surface area contributed by atoms with Crippen LogP contribution < -0.4 is 0 Å². The second-order valence-corrected chi connectivity index (χ2v) is 7.37. The van der Waals surface area contributed by atoms with Crippen LogP contribution in [0.3, 0.4) is 0 Å². The summed E-state index contributed by atoms with van der Waals surface area (Å²) in [4.78, 5) is 0. The van der Waals surface area contributed by atoms with Crippen molar-refractivity contribution in [2.45, 2.75) is 51.0 Å². The molecule has 4 heteroatoms. The van der Waals surface area contributed by atoms with Crippen molar-refractivity contribution < 1.29 is 21.8 Å². The van der Waals surface area contributed by atoms with Gasteiger partial charge in [-0.15, -0.1) is 0 Å². The third kappa shape index (κ3) is 7.37. The van der Waals surface area contributed by atoms with Crippen molar-refractivity contribution in [3.8, 4) is 0 Å². The van der Waals surface area contributed by atoms with Crippen LogP contribution in [0.15, 0.2) is 5.10 Å². The van der Waals surface area contributed by atoms with Gasteiger partial charge in [-0.2, -0.15) is 5.10 Å². The average molecular weight is 408 g/mol. The molecule has 1 aliphatic heterocycles. The molecular formula is C23H32FeN2O+2. The molecule has 4 fully saturated rings. The molecule has 27 heavy (non-hydrogen) atoms. The Balaban J connectivity index is 0.000000379. The quantitative estimate of drug-likeness (QED) is 0.496. The summed E-state index contributed by atoms with van der Waals surface area (Å²) in [6.07, 6.45) is 27.8. The summed E-state index contributed by atoms with van der Waals surface area (Å²) in [6, 6.07) is 0.462. The summed E-state index contributed by atoms with van der Waals surface area (Å²) < 4.78 is 5.36. The van der Waals surface area contributed by atoms with Gasteiger partial charge in [0.15, 0.2) is 0 Å². The van der Waals surface area contributed by atoms with E-state index in [0.717, 1.165) is 13.2 Å². The van der Waals surface area contributed by atoms with Crippen molar-refractivity contribution in [1.82, 2.24) is 5.01 Å². The van der Waals surface area contributed by atoms with Crippen molar-refractivity contribution in [2.24, 2.45) is 11.0 Å². The molecule has 0 bridgehead atoms. The van der Waals surface area contributed by atoms with Gasteiger partial charge in [-0.3, -0.25) is 5.01 Å². The number of hydrogen-bond acceptors (Lipinski definition) is 3. The standard InChI is InChI=1S/C18H27N2O.C5H5.Fe/c1-21-14-17-12-7-13-20(17)19-18(16-10-5-6-11-16)15-8-3-2-4-9-15;1-2-4-5-3-1;/h5-6,10-11,15,17H,2-4,7-9,12-14H2,1H3;1-5H;/q;;+2/b19-18+;;/t17-;;/m0../s1. The molecule has 0 aromatic carbocycles. The molecule has 0 N–H and O–H groups in total. The van der Waals surface area contributed by atoms with Crippen LogP contribution in [0.4, 0.5) is 0 Å². The molecule has 4 aliphatic rings. The molecule has 3 nitrogen and oxygen atoms in total. The Labute approximate surface area is 178 Å². The maximum absolute atomic E-state index is 5.36. The van der Waals surface area contributed by atoms with Gasteiger partial charge in [0.05, 0.1) is 12.6 Å². The third-order valence-electron chi connectivity index (χ3n) is 5.45. The zero-order chi connectivity index (χ0) is 18.0. The van der Waals surface area contributed by atoms with Crippen LogP contribution in [0.1, 0.15) is 44.9 Å². The van der Waals surface area contributed by atoms with Crippen LogP contribution >= 0.6 is 0 Å². The van der Waals surface area contributed by atoms with Gasteiger partial charge >= 0.3 is 17.1 Å². The summed E-state index contributed by atoms with van der Waals surface area (Å²) in [5.41, 5.74) is 1.32. The molecule has 4 rings (SSSR count). The van der Waals surface area contributed by atoms with E-state index < -0.39 is 0 Å². The van der Waals surface area contributed by atoms with Crippen molar-refractivity contribution in [3.05, 3.63) is 63.7 Å². The molecule has 0 amide bonds. The van der Waals surface area contributed by atoms with Gasteiger partial charge in [0.1, 0.15) is 0 Å². The summed E-state index contributed by atoms with van der Waals surface area (Å²) in [5.74, 6) is 1.97. The minimum absolute atomic E-state index is 0. The van der Waals surface area contributed by atoms with Crippen LogP contribution in [-0.2, 0) is 21.8 Å². The van der Waals surface area contributed by atoms with Crippen molar-refractivity contribution in [1.29, 1.82) is 0 Å². The van der Waals surface area contributed by atoms with E-state index in [-0.39, 0.29) is 17.1 Å². The van der Waals surface area contributed by atoms with Crippen LogP contribution in [0.5, 0.6) is 0 Å². The Bertz CT molecular complexity index is 405. The van der Waals surface area contributed by atoms with Crippen LogP contribution in [0.2, 0.25) is 0 Å². The number of hydrazone groups is 1. The molecule has 1 atom stereocenters. The summed E-state index contributed by atoms with van der Waals surface area (Å²) >= 11 is 0. The summed E-state index contributed by atoms with van der Waals surface area (Å²) in [7, 11) is 1.79. The number of hydrogen-bond donors (Lipinski definition) is 0. The fraction of sp³-hybridized carbons (Fsp3) is 0.522. The number of methoxy groups -OCH3 is 1. The molecule has 0 aromatic rings. The van der Waals surface area contributed by atoms with E-state index in [4.69, 9.17) is 9.84 Å². The van der Waals surface area contributed by atoms with Gasteiger partial charge in [-0.1, -0.05) is 19.3 Å². The van der Waals surface area contributed by atoms with E-state index in [2.05, 4.69) is 30.7 Å². The van der Waals surface area contributed by atoms with Crippen molar-refractivity contribution >= 4 is 5.71 Å². The number of nitrogens with zero attached hydrogens (tertiary/aromatic N) is 2. The van der Waals surface area contributed by atoms with Gasteiger partial charge in [0.2, 0.25) is 0 Å². The largest absolute Gasteiger partial charge is 2.00 e. The third-order valence-corrected chi connectivity index (χ3v) is 5.45. The number of rotatable bonds is 5. The van der Waals surface area contributed by atoms with E-state index >= 15 is 0 Å². The molecule has 3 aliphatic carbocycles. The maximum atomic E-state index is 5.36. The van der Waals surface area contributed by atoms with Gasteiger partial charge in [-0.05, 0) is 89.4 Å². The molecule has 10 radical (unpaired) electrons. The van der Waals surface area contributed by atoms with Gasteiger partial charge in [0, 0.05) is 25.3 Å². The zero-order valence-corrected chi connectivity index (χ0v) is 17.5. The van der Waals surface area contributed by atoms with Crippen molar-refractivity contribution in [3.63, 3.8) is 0 Å². The predicted molar refractivity (Wildman–Crippen MR) is 108 cm³/mol. The first-order chi connectivity index (χ1) is 12.9. The van der Waals surface area contributed by atoms with Crippen molar-refractivity contribution in [2.75, 3.05) is 20.3 Å². The molecule has 3 saturated carbocycles. The van der Waals surface area contributed by atoms with E-state index in [1.54, 1.807) is 7.11 Å². The molecule has 146 valence electrons. The van der Waals surface area contributed by atoms with Gasteiger partial charge in [-0.25, -0.2) is 0 Å². The summed E-state index contributed by atoms with van der Waals surface area (Å²) in [5, 5.41) is 7.40. The first kappa shape index (κ1) is 23.2. The molecule has 1 saturated heterocycles. The Morgan fingerprint density at radius 3 is 2.15 bits per heavy atom. The fourth-order valence-corrected chi connectivity index (χ4v) is 4.07. The Kier molecular flexibility index (Phi) is 11.4. The topological polar surface area (TPSA) is 24.8 Å². The SMILES string of the molecule is COC[C@@H]1CCCN1/N=C(/[C]1[CH][CH][CH][CH]1)C1CCCCC1.[CH]1[CH][CH][CH][CH]1.[Fe+2]. The molecule has 0 spiro atoms. The minimum atomic E-state index is 0. The molecule has 1 heterocycles. The molecule has 0 aromatic heterocycles. The Morgan fingerprint density at radius 2 is 1.56 bits per heavy atom. The van der Waals surface area contributed by atoms with E-state index in [0.29, 0.717) is 12.0 Å². The predicted octanol–water partition coefficient (Wildman–Crippen LogP) is 4.46. The van der Waals surface area contributed by atoms with E-state index in [9.17, 15) is 0 Å². The monoisotopic (exact) mass is 408 g/mol. The number of ether oxygens (including phenoxy) is 1.